The van der Waals surface area contributed by atoms with Crippen molar-refractivity contribution in [2.75, 3.05) is 13.1 Å². The van der Waals surface area contributed by atoms with E-state index in [1.165, 1.54) is 4.90 Å². The first-order chi connectivity index (χ1) is 10.2. The van der Waals surface area contributed by atoms with Gasteiger partial charge in [0.15, 0.2) is 0 Å². The zero-order valence-corrected chi connectivity index (χ0v) is 11.4. The Morgan fingerprint density at radius 1 is 1.27 bits per heavy atom. The van der Waals surface area contributed by atoms with Crippen LogP contribution >= 0.6 is 0 Å². The van der Waals surface area contributed by atoms with Gasteiger partial charge in [-0.25, -0.2) is 4.39 Å². The third-order valence-corrected chi connectivity index (χ3v) is 3.58. The van der Waals surface area contributed by atoms with Crippen LogP contribution in [0.5, 0.6) is 0 Å². The number of piperidine rings is 1. The van der Waals surface area contributed by atoms with Crippen molar-refractivity contribution in [2.24, 2.45) is 5.92 Å². The highest BCUT2D eigenvalue weighted by molar-refractivity contribution is 5.94. The fraction of sp³-hybridized carbons (Fsp3) is 0.429. The highest BCUT2D eigenvalue weighted by Crippen LogP contribution is 2.32. The van der Waals surface area contributed by atoms with Crippen molar-refractivity contribution in [2.45, 2.75) is 19.0 Å². The third kappa shape index (κ3) is 3.37. The van der Waals surface area contributed by atoms with Crippen molar-refractivity contribution in [3.63, 3.8) is 0 Å². The predicted molar refractivity (Wildman–Crippen MR) is 67.7 cm³/mol. The minimum Gasteiger partial charge on any atom is -0.481 e. The van der Waals surface area contributed by atoms with Gasteiger partial charge in [0, 0.05) is 18.7 Å². The topological polar surface area (TPSA) is 57.6 Å². The highest BCUT2D eigenvalue weighted by atomic mass is 19.4. The lowest BCUT2D eigenvalue weighted by molar-refractivity contribution is -0.143. The van der Waals surface area contributed by atoms with Crippen molar-refractivity contribution < 1.29 is 32.3 Å². The van der Waals surface area contributed by atoms with E-state index in [-0.39, 0.29) is 18.7 Å². The summed E-state index contributed by atoms with van der Waals surface area (Å²) in [7, 11) is 0. The molecule has 1 amide bonds. The van der Waals surface area contributed by atoms with Crippen LogP contribution in [0.25, 0.3) is 0 Å². The van der Waals surface area contributed by atoms with Gasteiger partial charge in [0.2, 0.25) is 0 Å². The van der Waals surface area contributed by atoms with E-state index >= 15 is 0 Å². The quantitative estimate of drug-likeness (QED) is 0.853. The van der Waals surface area contributed by atoms with Gasteiger partial charge in [-0.3, -0.25) is 9.59 Å². The summed E-state index contributed by atoms with van der Waals surface area (Å²) in [5, 5.41) is 8.96. The maximum atomic E-state index is 13.2. The second-order valence-corrected chi connectivity index (χ2v) is 5.12. The Labute approximate surface area is 123 Å². The molecule has 1 aliphatic rings. The molecule has 1 atom stereocenters. The molecule has 1 N–H and O–H groups in total. The maximum absolute atomic E-state index is 13.2. The van der Waals surface area contributed by atoms with Crippen LogP contribution in [-0.4, -0.2) is 35.0 Å². The molecule has 0 saturated carbocycles. The minimum absolute atomic E-state index is 0.0626. The number of likely N-dealkylation sites (tertiary alicyclic amines) is 1. The zero-order valence-electron chi connectivity index (χ0n) is 11.4. The number of amides is 1. The molecule has 1 aromatic carbocycles. The Balaban J connectivity index is 2.24. The molecular weight excluding hydrogens is 306 g/mol. The van der Waals surface area contributed by atoms with Gasteiger partial charge in [-0.05, 0) is 31.0 Å². The fourth-order valence-electron chi connectivity index (χ4n) is 2.42. The van der Waals surface area contributed by atoms with Gasteiger partial charge in [0.25, 0.3) is 5.91 Å². The Morgan fingerprint density at radius 3 is 2.55 bits per heavy atom. The van der Waals surface area contributed by atoms with Crippen molar-refractivity contribution in [1.29, 1.82) is 0 Å². The van der Waals surface area contributed by atoms with Crippen LogP contribution in [0.1, 0.15) is 28.8 Å². The zero-order chi connectivity index (χ0) is 16.5. The first-order valence-corrected chi connectivity index (χ1v) is 6.59. The van der Waals surface area contributed by atoms with E-state index in [9.17, 15) is 27.2 Å². The van der Waals surface area contributed by atoms with E-state index in [1.807, 2.05) is 0 Å². The summed E-state index contributed by atoms with van der Waals surface area (Å²) in [6.45, 7) is 0.203. The largest absolute Gasteiger partial charge is 0.481 e. The SMILES string of the molecule is O=C(O)C1CCCN(C(=O)c2ccc(F)c(C(F)(F)F)c2)C1. The molecule has 1 fully saturated rings. The number of alkyl halides is 3. The van der Waals surface area contributed by atoms with Gasteiger partial charge in [0.1, 0.15) is 5.82 Å². The molecule has 2 rings (SSSR count). The normalized spacial score (nSPS) is 19.1. The molecule has 22 heavy (non-hydrogen) atoms. The smallest absolute Gasteiger partial charge is 0.419 e. The van der Waals surface area contributed by atoms with Crippen LogP contribution < -0.4 is 0 Å². The van der Waals surface area contributed by atoms with Crippen LogP contribution in [0, 0.1) is 11.7 Å². The lowest BCUT2D eigenvalue weighted by Gasteiger charge is -2.30. The van der Waals surface area contributed by atoms with E-state index in [1.54, 1.807) is 0 Å². The van der Waals surface area contributed by atoms with Crippen LogP contribution in [0.3, 0.4) is 0 Å². The summed E-state index contributed by atoms with van der Waals surface area (Å²) in [6, 6.07) is 2.02. The standard InChI is InChI=1S/C14H13F4NO3/c15-11-4-3-8(6-10(11)14(16,17)18)12(20)19-5-1-2-9(7-19)13(21)22/h3-4,6,9H,1-2,5,7H2,(H,21,22). The van der Waals surface area contributed by atoms with E-state index in [4.69, 9.17) is 5.11 Å². The lowest BCUT2D eigenvalue weighted by atomic mass is 9.97. The molecule has 0 spiro atoms. The molecule has 120 valence electrons. The number of rotatable bonds is 2. The van der Waals surface area contributed by atoms with Crippen LogP contribution in [0.4, 0.5) is 17.6 Å². The number of carboxylic acid groups (broad SMARTS) is 1. The van der Waals surface area contributed by atoms with Gasteiger partial charge in [0.05, 0.1) is 11.5 Å². The van der Waals surface area contributed by atoms with Crippen LogP contribution in [-0.2, 0) is 11.0 Å². The molecular formula is C14H13F4NO3. The third-order valence-electron chi connectivity index (χ3n) is 3.58. The first kappa shape index (κ1) is 16.3. The molecule has 1 aromatic rings. The molecule has 8 heteroatoms. The van der Waals surface area contributed by atoms with Crippen molar-refractivity contribution in [1.82, 2.24) is 4.90 Å². The van der Waals surface area contributed by atoms with E-state index in [2.05, 4.69) is 0 Å². The molecule has 0 radical (unpaired) electrons. The number of carboxylic acids is 1. The van der Waals surface area contributed by atoms with E-state index in [0.717, 1.165) is 6.07 Å². The molecule has 0 bridgehead atoms. The molecule has 1 heterocycles. The lowest BCUT2D eigenvalue weighted by Crippen LogP contribution is -2.42. The number of hydrogen-bond acceptors (Lipinski definition) is 2. The average molecular weight is 319 g/mol. The van der Waals surface area contributed by atoms with Crippen LogP contribution in [0.15, 0.2) is 18.2 Å². The average Bonchev–Trinajstić information content (AvgIpc) is 2.46. The fourth-order valence-corrected chi connectivity index (χ4v) is 2.42. The Bertz CT molecular complexity index is 600. The first-order valence-electron chi connectivity index (χ1n) is 6.59. The Hall–Kier alpha value is -2.12. The number of carbonyl (C=O) groups excluding carboxylic acids is 1. The summed E-state index contributed by atoms with van der Waals surface area (Å²) >= 11 is 0. The van der Waals surface area contributed by atoms with Crippen molar-refractivity contribution in [3.8, 4) is 0 Å². The molecule has 0 aliphatic carbocycles. The summed E-state index contributed by atoms with van der Waals surface area (Å²) in [5.74, 6) is -3.96. The van der Waals surface area contributed by atoms with Crippen LogP contribution in [0.2, 0.25) is 0 Å². The summed E-state index contributed by atoms with van der Waals surface area (Å²) in [5.41, 5.74) is -1.81. The number of nitrogens with zero attached hydrogens (tertiary/aromatic N) is 1. The number of benzene rings is 1. The number of hydrogen-bond donors (Lipinski definition) is 1. The van der Waals surface area contributed by atoms with Gasteiger partial charge in [-0.1, -0.05) is 0 Å². The number of carbonyl (C=O) groups is 2. The maximum Gasteiger partial charge on any atom is 0.419 e. The molecule has 0 aromatic heterocycles. The number of halogens is 4. The second kappa shape index (κ2) is 5.94. The second-order valence-electron chi connectivity index (χ2n) is 5.12. The van der Waals surface area contributed by atoms with E-state index < -0.39 is 35.4 Å². The Morgan fingerprint density at radius 2 is 1.95 bits per heavy atom. The summed E-state index contributed by atoms with van der Waals surface area (Å²) in [4.78, 5) is 24.3. The molecule has 1 unspecified atom stereocenters. The van der Waals surface area contributed by atoms with Gasteiger partial charge in [-0.15, -0.1) is 0 Å². The Kier molecular flexibility index (Phi) is 4.39. The highest BCUT2D eigenvalue weighted by Gasteiger charge is 2.35. The summed E-state index contributed by atoms with van der Waals surface area (Å²) < 4.78 is 51.2. The number of aliphatic carboxylic acids is 1. The van der Waals surface area contributed by atoms with Gasteiger partial charge < -0.3 is 10.0 Å². The van der Waals surface area contributed by atoms with Gasteiger partial charge in [-0.2, -0.15) is 13.2 Å². The van der Waals surface area contributed by atoms with Crippen molar-refractivity contribution in [3.05, 3.63) is 35.1 Å². The molecule has 1 aliphatic heterocycles. The predicted octanol–water partition coefficient (Wildman–Crippen LogP) is 2.78. The summed E-state index contributed by atoms with van der Waals surface area (Å²) in [6.07, 6.45) is -4.03. The monoisotopic (exact) mass is 319 g/mol. The van der Waals surface area contributed by atoms with Crippen molar-refractivity contribution >= 4 is 11.9 Å². The van der Waals surface area contributed by atoms with E-state index in [0.29, 0.717) is 25.0 Å². The molecule has 1 saturated heterocycles. The molecule has 4 nitrogen and oxygen atoms in total. The van der Waals surface area contributed by atoms with Gasteiger partial charge >= 0.3 is 12.1 Å². The minimum atomic E-state index is -4.90.